The molecule has 0 fully saturated rings. The van der Waals surface area contributed by atoms with Gasteiger partial charge in [-0.05, 0) is 0 Å². The Hall–Kier alpha value is -0.720. The standard InChI is InChI=1S/C10H5Cl4NO4/c11-5-3-4(6(12)8(14)7(5)13)10(19)15(9(3)18)1-2(16)17/h9,18H,1H2,(H,16,17). The van der Waals surface area contributed by atoms with Crippen molar-refractivity contribution in [2.75, 3.05) is 6.54 Å². The number of rotatable bonds is 2. The van der Waals surface area contributed by atoms with E-state index in [4.69, 9.17) is 51.5 Å². The number of carboxylic acid groups (broad SMARTS) is 1. The molecule has 1 aromatic rings. The zero-order valence-corrected chi connectivity index (χ0v) is 12.0. The molecule has 19 heavy (non-hydrogen) atoms. The summed E-state index contributed by atoms with van der Waals surface area (Å²) in [5, 5.41) is 18.2. The lowest BCUT2D eigenvalue weighted by molar-refractivity contribution is -0.139. The van der Waals surface area contributed by atoms with Crippen molar-refractivity contribution < 1.29 is 19.8 Å². The van der Waals surface area contributed by atoms with Crippen LogP contribution in [0, 0.1) is 0 Å². The van der Waals surface area contributed by atoms with E-state index in [-0.39, 0.29) is 31.2 Å². The van der Waals surface area contributed by atoms with Crippen LogP contribution in [0.4, 0.5) is 0 Å². The Balaban J connectivity index is 2.66. The second kappa shape index (κ2) is 5.00. The maximum absolute atomic E-state index is 12.0. The second-order valence-corrected chi connectivity index (χ2v) is 5.26. The molecule has 1 amide bonds. The molecular formula is C10H5Cl4NO4. The minimum absolute atomic E-state index is 0.0349. The van der Waals surface area contributed by atoms with Gasteiger partial charge in [0.2, 0.25) is 0 Å². The average molecular weight is 345 g/mol. The van der Waals surface area contributed by atoms with E-state index in [9.17, 15) is 14.7 Å². The van der Waals surface area contributed by atoms with E-state index in [1.54, 1.807) is 0 Å². The molecule has 1 aliphatic rings. The molecule has 0 bridgehead atoms. The number of carboxylic acids is 1. The first kappa shape index (κ1) is 14.7. The molecule has 102 valence electrons. The monoisotopic (exact) mass is 343 g/mol. The quantitative estimate of drug-likeness (QED) is 0.638. The number of hydrogen-bond donors (Lipinski definition) is 2. The highest BCUT2D eigenvalue weighted by molar-refractivity contribution is 6.53. The average Bonchev–Trinajstić information content (AvgIpc) is 2.58. The maximum Gasteiger partial charge on any atom is 0.323 e. The Labute approximate surface area is 127 Å². The first-order chi connectivity index (χ1) is 8.77. The number of hydrogen-bond acceptors (Lipinski definition) is 3. The van der Waals surface area contributed by atoms with Gasteiger partial charge in [-0.3, -0.25) is 14.5 Å². The minimum atomic E-state index is -1.53. The van der Waals surface area contributed by atoms with Crippen molar-refractivity contribution in [1.29, 1.82) is 0 Å². The van der Waals surface area contributed by atoms with Crippen LogP contribution in [0.1, 0.15) is 22.1 Å². The minimum Gasteiger partial charge on any atom is -0.480 e. The fourth-order valence-corrected chi connectivity index (χ4v) is 2.86. The Morgan fingerprint density at radius 3 is 2.16 bits per heavy atom. The SMILES string of the molecule is O=C(O)CN1C(=O)c2c(Cl)c(Cl)c(Cl)c(Cl)c2C1O. The number of fused-ring (bicyclic) bond motifs is 1. The number of benzene rings is 1. The summed E-state index contributed by atoms with van der Waals surface area (Å²) in [5.74, 6) is -2.06. The molecule has 0 saturated carbocycles. The van der Waals surface area contributed by atoms with Gasteiger partial charge in [-0.2, -0.15) is 0 Å². The van der Waals surface area contributed by atoms with Gasteiger partial charge in [-0.1, -0.05) is 46.4 Å². The predicted octanol–water partition coefficient (Wildman–Crippen LogP) is 2.83. The molecule has 0 aromatic heterocycles. The fourth-order valence-electron chi connectivity index (χ4n) is 1.81. The summed E-state index contributed by atoms with van der Waals surface area (Å²) in [4.78, 5) is 23.4. The van der Waals surface area contributed by atoms with Crippen molar-refractivity contribution in [2.24, 2.45) is 0 Å². The van der Waals surface area contributed by atoms with Gasteiger partial charge < -0.3 is 10.2 Å². The largest absolute Gasteiger partial charge is 0.480 e. The van der Waals surface area contributed by atoms with Gasteiger partial charge in [0.05, 0.1) is 25.7 Å². The first-order valence-corrected chi connectivity index (χ1v) is 6.35. The maximum atomic E-state index is 12.0. The third-order valence-electron chi connectivity index (χ3n) is 2.64. The molecule has 1 aliphatic heterocycles. The van der Waals surface area contributed by atoms with Crippen molar-refractivity contribution in [1.82, 2.24) is 4.90 Å². The second-order valence-electron chi connectivity index (χ2n) is 3.75. The third kappa shape index (κ3) is 2.15. The number of nitrogens with zero attached hydrogens (tertiary/aromatic N) is 1. The summed E-state index contributed by atoms with van der Waals surface area (Å²) in [6, 6.07) is 0. The molecule has 2 N–H and O–H groups in total. The van der Waals surface area contributed by atoms with E-state index in [1.807, 2.05) is 0 Å². The molecule has 1 heterocycles. The summed E-state index contributed by atoms with van der Waals surface area (Å²) in [6.07, 6.45) is -1.53. The summed E-state index contributed by atoms with van der Waals surface area (Å²) in [7, 11) is 0. The topological polar surface area (TPSA) is 77.8 Å². The van der Waals surface area contributed by atoms with Crippen LogP contribution < -0.4 is 0 Å². The van der Waals surface area contributed by atoms with Crippen molar-refractivity contribution in [2.45, 2.75) is 6.23 Å². The number of aliphatic hydroxyl groups is 1. The molecule has 1 unspecified atom stereocenters. The number of carbonyl (C=O) groups excluding carboxylic acids is 1. The molecule has 1 atom stereocenters. The molecule has 2 rings (SSSR count). The van der Waals surface area contributed by atoms with Crippen LogP contribution in [-0.4, -0.2) is 33.5 Å². The van der Waals surface area contributed by atoms with Gasteiger partial charge in [0.1, 0.15) is 6.54 Å². The van der Waals surface area contributed by atoms with E-state index >= 15 is 0 Å². The van der Waals surface area contributed by atoms with E-state index in [0.717, 1.165) is 0 Å². The highest BCUT2D eigenvalue weighted by atomic mass is 35.5. The van der Waals surface area contributed by atoms with Gasteiger partial charge in [-0.15, -0.1) is 0 Å². The Morgan fingerprint density at radius 2 is 1.63 bits per heavy atom. The zero-order valence-electron chi connectivity index (χ0n) is 8.95. The lowest BCUT2D eigenvalue weighted by Crippen LogP contribution is -2.33. The molecule has 0 spiro atoms. The Morgan fingerprint density at radius 1 is 1.11 bits per heavy atom. The van der Waals surface area contributed by atoms with Crippen molar-refractivity contribution in [3.63, 3.8) is 0 Å². The van der Waals surface area contributed by atoms with E-state index in [0.29, 0.717) is 4.90 Å². The van der Waals surface area contributed by atoms with Crippen LogP contribution in [0.25, 0.3) is 0 Å². The smallest absolute Gasteiger partial charge is 0.323 e. The van der Waals surface area contributed by atoms with Gasteiger partial charge in [-0.25, -0.2) is 0 Å². The van der Waals surface area contributed by atoms with Crippen LogP contribution in [0.2, 0.25) is 20.1 Å². The summed E-state index contributed by atoms with van der Waals surface area (Å²) in [6.45, 7) is -0.698. The highest BCUT2D eigenvalue weighted by Crippen LogP contribution is 2.47. The summed E-state index contributed by atoms with van der Waals surface area (Å²) >= 11 is 23.5. The molecule has 0 saturated heterocycles. The molecule has 1 aromatic carbocycles. The number of halogens is 4. The molecule has 5 nitrogen and oxygen atoms in total. The van der Waals surface area contributed by atoms with Gasteiger partial charge in [0, 0.05) is 5.56 Å². The van der Waals surface area contributed by atoms with E-state index in [1.165, 1.54) is 0 Å². The summed E-state index contributed by atoms with van der Waals surface area (Å²) < 4.78 is 0. The van der Waals surface area contributed by atoms with Gasteiger partial charge >= 0.3 is 5.97 Å². The third-order valence-corrected chi connectivity index (χ3v) is 4.45. The van der Waals surface area contributed by atoms with Crippen LogP contribution in [0.3, 0.4) is 0 Å². The van der Waals surface area contributed by atoms with Gasteiger partial charge in [0.15, 0.2) is 6.23 Å². The zero-order chi connectivity index (χ0) is 14.5. The summed E-state index contributed by atoms with van der Waals surface area (Å²) in [5.41, 5.74) is -0.165. The number of aliphatic hydroxyl groups excluding tert-OH is 1. The Kier molecular flexibility index (Phi) is 3.86. The number of aliphatic carboxylic acids is 1. The molecule has 9 heteroatoms. The number of carbonyl (C=O) groups is 2. The number of amides is 1. The van der Waals surface area contributed by atoms with E-state index in [2.05, 4.69) is 0 Å². The van der Waals surface area contributed by atoms with Gasteiger partial charge in [0.25, 0.3) is 5.91 Å². The van der Waals surface area contributed by atoms with Crippen molar-refractivity contribution >= 4 is 58.3 Å². The van der Waals surface area contributed by atoms with Crippen molar-refractivity contribution in [3.05, 3.63) is 31.2 Å². The molecular weight excluding hydrogens is 340 g/mol. The lowest BCUT2D eigenvalue weighted by Gasteiger charge is -2.18. The van der Waals surface area contributed by atoms with Crippen LogP contribution >= 0.6 is 46.4 Å². The lowest BCUT2D eigenvalue weighted by atomic mass is 10.1. The van der Waals surface area contributed by atoms with Crippen molar-refractivity contribution in [3.8, 4) is 0 Å². The normalized spacial score (nSPS) is 17.8. The fraction of sp³-hybridized carbons (Fsp3) is 0.200. The van der Waals surface area contributed by atoms with Crippen LogP contribution in [0.5, 0.6) is 0 Å². The van der Waals surface area contributed by atoms with E-state index < -0.39 is 24.6 Å². The van der Waals surface area contributed by atoms with Crippen LogP contribution in [-0.2, 0) is 4.79 Å². The Bertz CT molecular complexity index is 604. The molecule has 0 aliphatic carbocycles. The first-order valence-electron chi connectivity index (χ1n) is 4.84. The molecule has 0 radical (unpaired) electrons. The van der Waals surface area contributed by atoms with Crippen LogP contribution in [0.15, 0.2) is 0 Å². The highest BCUT2D eigenvalue weighted by Gasteiger charge is 2.42. The predicted molar refractivity (Wildman–Crippen MR) is 70.1 cm³/mol.